The molecule has 2 aromatic rings. The van der Waals surface area contributed by atoms with Gasteiger partial charge in [0, 0.05) is 10.9 Å². The van der Waals surface area contributed by atoms with Gasteiger partial charge in [0.2, 0.25) is 5.91 Å². The molecule has 0 bridgehead atoms. The van der Waals surface area contributed by atoms with E-state index < -0.39 is 35.4 Å². The first-order valence-corrected chi connectivity index (χ1v) is 9.49. The number of carboxylic acids is 1. The molecule has 1 fully saturated rings. The minimum absolute atomic E-state index is 0.0147. The van der Waals surface area contributed by atoms with Crippen molar-refractivity contribution in [2.45, 2.75) is 6.42 Å². The Morgan fingerprint density at radius 1 is 1.29 bits per heavy atom. The molecule has 3 rings (SSSR count). The van der Waals surface area contributed by atoms with Gasteiger partial charge in [-0.1, -0.05) is 18.2 Å². The highest BCUT2D eigenvalue weighted by Gasteiger charge is 2.36. The van der Waals surface area contributed by atoms with Crippen LogP contribution in [-0.4, -0.2) is 44.6 Å². The van der Waals surface area contributed by atoms with E-state index >= 15 is 0 Å². The average Bonchev–Trinajstić information content (AvgIpc) is 3.15. The SMILES string of the molecule is O=C(O)Cc1csc(NC(=O)CN2C(=O)S/C(=C\c3ccccc3F)C2=O)n1. The van der Waals surface area contributed by atoms with Crippen LogP contribution in [-0.2, 0) is 20.8 Å². The first-order valence-electron chi connectivity index (χ1n) is 7.79. The molecule has 0 aliphatic carbocycles. The number of carbonyl (C=O) groups excluding carboxylic acids is 3. The zero-order valence-corrected chi connectivity index (χ0v) is 15.7. The third-order valence-electron chi connectivity index (χ3n) is 3.50. The van der Waals surface area contributed by atoms with Crippen LogP contribution in [0.3, 0.4) is 0 Å². The molecule has 0 spiro atoms. The summed E-state index contributed by atoms with van der Waals surface area (Å²) in [7, 11) is 0. The van der Waals surface area contributed by atoms with Gasteiger partial charge in [0.1, 0.15) is 12.4 Å². The summed E-state index contributed by atoms with van der Waals surface area (Å²) < 4.78 is 13.7. The summed E-state index contributed by atoms with van der Waals surface area (Å²) in [6, 6.07) is 5.80. The van der Waals surface area contributed by atoms with E-state index in [1.165, 1.54) is 29.7 Å². The number of amides is 3. The van der Waals surface area contributed by atoms with Gasteiger partial charge in [0.05, 0.1) is 17.0 Å². The Bertz CT molecular complexity index is 1000. The maximum Gasteiger partial charge on any atom is 0.309 e. The lowest BCUT2D eigenvalue weighted by Crippen LogP contribution is -2.36. The summed E-state index contributed by atoms with van der Waals surface area (Å²) in [4.78, 5) is 51.9. The van der Waals surface area contributed by atoms with Crippen LogP contribution in [0.5, 0.6) is 0 Å². The Labute approximate surface area is 166 Å². The molecule has 1 aromatic heterocycles. The summed E-state index contributed by atoms with van der Waals surface area (Å²) in [5, 5.41) is 12.1. The maximum absolute atomic E-state index is 13.7. The second-order valence-electron chi connectivity index (χ2n) is 5.55. The Kier molecular flexibility index (Phi) is 5.85. The molecule has 28 heavy (non-hydrogen) atoms. The van der Waals surface area contributed by atoms with Crippen molar-refractivity contribution in [3.8, 4) is 0 Å². The number of carbonyl (C=O) groups is 4. The highest BCUT2D eigenvalue weighted by molar-refractivity contribution is 8.18. The second-order valence-corrected chi connectivity index (χ2v) is 7.40. The number of aromatic nitrogens is 1. The Balaban J connectivity index is 1.65. The van der Waals surface area contributed by atoms with E-state index in [0.717, 1.165) is 16.2 Å². The van der Waals surface area contributed by atoms with Crippen LogP contribution in [0.25, 0.3) is 6.08 Å². The van der Waals surface area contributed by atoms with E-state index in [1.54, 1.807) is 6.07 Å². The number of anilines is 1. The van der Waals surface area contributed by atoms with Crippen LogP contribution in [0, 0.1) is 5.82 Å². The van der Waals surface area contributed by atoms with Crippen LogP contribution in [0.15, 0.2) is 34.6 Å². The predicted octanol–water partition coefficient (Wildman–Crippen LogP) is 2.58. The minimum Gasteiger partial charge on any atom is -0.481 e. The molecule has 144 valence electrons. The van der Waals surface area contributed by atoms with Gasteiger partial charge in [0.25, 0.3) is 11.1 Å². The largest absolute Gasteiger partial charge is 0.481 e. The number of aliphatic carboxylic acids is 1. The molecular formula is C17H12FN3O5S2. The number of rotatable bonds is 6. The lowest BCUT2D eigenvalue weighted by atomic mass is 10.2. The Morgan fingerprint density at radius 2 is 2.04 bits per heavy atom. The van der Waals surface area contributed by atoms with E-state index in [-0.39, 0.29) is 27.7 Å². The first-order chi connectivity index (χ1) is 13.3. The minimum atomic E-state index is -1.05. The molecule has 0 atom stereocenters. The van der Waals surface area contributed by atoms with Crippen molar-refractivity contribution in [2.24, 2.45) is 0 Å². The second kappa shape index (κ2) is 8.31. The van der Waals surface area contributed by atoms with E-state index in [2.05, 4.69) is 10.3 Å². The third kappa shape index (κ3) is 4.61. The van der Waals surface area contributed by atoms with Gasteiger partial charge in [0.15, 0.2) is 5.13 Å². The number of halogens is 1. The number of hydrogen-bond donors (Lipinski definition) is 2. The maximum atomic E-state index is 13.7. The van der Waals surface area contributed by atoms with Gasteiger partial charge in [-0.3, -0.25) is 24.1 Å². The molecule has 1 aliphatic heterocycles. The lowest BCUT2D eigenvalue weighted by Gasteiger charge is -2.11. The molecule has 2 heterocycles. The summed E-state index contributed by atoms with van der Waals surface area (Å²) in [6.07, 6.45) is 0.980. The molecule has 2 N–H and O–H groups in total. The van der Waals surface area contributed by atoms with Gasteiger partial charge in [-0.05, 0) is 23.9 Å². The zero-order valence-electron chi connectivity index (χ0n) is 14.0. The molecule has 1 aromatic carbocycles. The van der Waals surface area contributed by atoms with Crippen molar-refractivity contribution >= 4 is 57.3 Å². The van der Waals surface area contributed by atoms with Crippen LogP contribution in [0.4, 0.5) is 14.3 Å². The van der Waals surface area contributed by atoms with Gasteiger partial charge >= 0.3 is 5.97 Å². The van der Waals surface area contributed by atoms with Gasteiger partial charge in [-0.2, -0.15) is 0 Å². The van der Waals surface area contributed by atoms with Crippen LogP contribution in [0.2, 0.25) is 0 Å². The van der Waals surface area contributed by atoms with Crippen molar-refractivity contribution in [3.05, 3.63) is 51.6 Å². The van der Waals surface area contributed by atoms with Crippen molar-refractivity contribution in [1.29, 1.82) is 0 Å². The van der Waals surface area contributed by atoms with Crippen molar-refractivity contribution in [2.75, 3.05) is 11.9 Å². The topological polar surface area (TPSA) is 117 Å². The summed E-state index contributed by atoms with van der Waals surface area (Å²) in [5.74, 6) is -2.94. The highest BCUT2D eigenvalue weighted by atomic mass is 32.2. The molecule has 8 nitrogen and oxygen atoms in total. The number of thiazole rings is 1. The zero-order chi connectivity index (χ0) is 20.3. The first kappa shape index (κ1) is 19.7. The predicted molar refractivity (Wildman–Crippen MR) is 101 cm³/mol. The van der Waals surface area contributed by atoms with E-state index in [0.29, 0.717) is 11.8 Å². The van der Waals surface area contributed by atoms with E-state index in [1.807, 2.05) is 0 Å². The average molecular weight is 421 g/mol. The highest BCUT2D eigenvalue weighted by Crippen LogP contribution is 2.32. The summed E-state index contributed by atoms with van der Waals surface area (Å²) in [5.41, 5.74) is 0.443. The van der Waals surface area contributed by atoms with Crippen LogP contribution in [0.1, 0.15) is 11.3 Å². The van der Waals surface area contributed by atoms with Gasteiger partial charge < -0.3 is 10.4 Å². The number of imide groups is 1. The molecule has 1 saturated heterocycles. The monoisotopic (exact) mass is 421 g/mol. The lowest BCUT2D eigenvalue weighted by molar-refractivity contribution is -0.136. The molecule has 3 amide bonds. The normalized spacial score (nSPS) is 15.3. The van der Waals surface area contributed by atoms with E-state index in [9.17, 15) is 23.6 Å². The molecule has 0 radical (unpaired) electrons. The quantitative estimate of drug-likeness (QED) is 0.689. The number of carboxylic acid groups (broad SMARTS) is 1. The molecule has 1 aliphatic rings. The van der Waals surface area contributed by atoms with Crippen LogP contribution < -0.4 is 5.32 Å². The number of thioether (sulfide) groups is 1. The van der Waals surface area contributed by atoms with Crippen molar-refractivity contribution in [1.82, 2.24) is 9.88 Å². The summed E-state index contributed by atoms with van der Waals surface area (Å²) >= 11 is 1.65. The van der Waals surface area contributed by atoms with Crippen molar-refractivity contribution < 1.29 is 28.7 Å². The molecule has 0 unspecified atom stereocenters. The van der Waals surface area contributed by atoms with Crippen LogP contribution >= 0.6 is 23.1 Å². The summed E-state index contributed by atoms with van der Waals surface area (Å²) in [6.45, 7) is -0.535. The third-order valence-corrected chi connectivity index (χ3v) is 5.21. The fourth-order valence-electron chi connectivity index (χ4n) is 2.27. The Hall–Kier alpha value is -3.05. The standard InChI is InChI=1S/C17H12FN3O5S2/c18-11-4-2-1-3-9(11)5-12-15(25)21(17(26)28-12)7-13(22)20-16-19-10(8-27-16)6-14(23)24/h1-5,8H,6-7H2,(H,23,24)(H,19,20,22)/b12-5-. The fraction of sp³-hybridized carbons (Fsp3) is 0.118. The van der Waals surface area contributed by atoms with Gasteiger partial charge in [-0.15, -0.1) is 11.3 Å². The van der Waals surface area contributed by atoms with E-state index in [4.69, 9.17) is 5.11 Å². The number of benzene rings is 1. The molecule has 0 saturated carbocycles. The Morgan fingerprint density at radius 3 is 2.75 bits per heavy atom. The molecule has 11 heteroatoms. The van der Waals surface area contributed by atoms with Gasteiger partial charge in [-0.25, -0.2) is 9.37 Å². The molecular weight excluding hydrogens is 409 g/mol. The fourth-order valence-corrected chi connectivity index (χ4v) is 3.83. The number of nitrogens with zero attached hydrogens (tertiary/aromatic N) is 2. The number of nitrogens with one attached hydrogen (secondary N) is 1. The van der Waals surface area contributed by atoms with Crippen molar-refractivity contribution in [3.63, 3.8) is 0 Å². The smallest absolute Gasteiger partial charge is 0.309 e. The number of hydrogen-bond acceptors (Lipinski definition) is 7.